The van der Waals surface area contributed by atoms with E-state index in [0.29, 0.717) is 18.3 Å². The number of ketones is 2. The van der Waals surface area contributed by atoms with Gasteiger partial charge in [0.1, 0.15) is 6.29 Å². The van der Waals surface area contributed by atoms with Gasteiger partial charge in [-0.15, -0.1) is 0 Å². The first kappa shape index (κ1) is 27.1. The molecule has 0 aliphatic heterocycles. The molecule has 0 saturated heterocycles. The Morgan fingerprint density at radius 3 is 2.62 bits per heavy atom. The van der Waals surface area contributed by atoms with Crippen LogP contribution >= 0.6 is 0 Å². The van der Waals surface area contributed by atoms with Gasteiger partial charge in [-0.3, -0.25) is 14.4 Å². The number of hydrogen-bond donors (Lipinski definition) is 1. The highest BCUT2D eigenvalue weighted by molar-refractivity contribution is 6.01. The molecule has 1 N–H and O–H groups in total. The molecule has 3 saturated carbocycles. The SMILES string of the molecule is C=CC(=O)OCC(=O)[C@@]1(OC(=O)CC)[C@@H](C)C[C@H]2[C@@H]3CCC4=CC(=O)C=C[C@]4(C)C3(F)[C@@H](O)C[C@@]21C=O. The first-order valence-electron chi connectivity index (χ1n) is 12.7. The summed E-state index contributed by atoms with van der Waals surface area (Å²) in [5.74, 6) is -4.99. The number of fused-ring (bicyclic) bond motifs is 5. The Morgan fingerprint density at radius 2 is 2.00 bits per heavy atom. The second-order valence-electron chi connectivity index (χ2n) is 10.9. The molecule has 0 spiro atoms. The van der Waals surface area contributed by atoms with Gasteiger partial charge in [0.25, 0.3) is 0 Å². The highest BCUT2D eigenvalue weighted by Crippen LogP contribution is 2.71. The van der Waals surface area contributed by atoms with Crippen molar-refractivity contribution in [1.29, 1.82) is 0 Å². The number of alkyl halides is 1. The number of Topliss-reactive ketones (excluding diaryl/α,β-unsaturated/α-hetero) is 1. The minimum absolute atomic E-state index is 0.0854. The van der Waals surface area contributed by atoms with Crippen molar-refractivity contribution in [2.75, 3.05) is 6.61 Å². The molecule has 0 aromatic heterocycles. The summed E-state index contributed by atoms with van der Waals surface area (Å²) in [7, 11) is 0. The van der Waals surface area contributed by atoms with Crippen molar-refractivity contribution in [3.63, 3.8) is 0 Å². The third kappa shape index (κ3) is 3.46. The molecule has 0 bridgehead atoms. The minimum Gasteiger partial charge on any atom is -0.454 e. The number of allylic oxidation sites excluding steroid dienone is 4. The van der Waals surface area contributed by atoms with Crippen LogP contribution in [0.2, 0.25) is 0 Å². The molecule has 1 unspecified atom stereocenters. The van der Waals surface area contributed by atoms with Crippen LogP contribution in [0.25, 0.3) is 0 Å². The minimum atomic E-state index is -2.23. The van der Waals surface area contributed by atoms with Crippen LogP contribution in [0.5, 0.6) is 0 Å². The predicted molar refractivity (Wildman–Crippen MR) is 129 cm³/mol. The molecule has 0 aromatic rings. The number of hydrogen-bond acceptors (Lipinski definition) is 8. The summed E-state index contributed by atoms with van der Waals surface area (Å²) in [5.41, 5.74) is -6.71. The topological polar surface area (TPSA) is 124 Å². The Kier molecular flexibility index (Phi) is 6.68. The van der Waals surface area contributed by atoms with Crippen LogP contribution < -0.4 is 0 Å². The van der Waals surface area contributed by atoms with E-state index in [1.165, 1.54) is 25.2 Å². The van der Waals surface area contributed by atoms with Crippen LogP contribution in [0.4, 0.5) is 4.39 Å². The van der Waals surface area contributed by atoms with E-state index < -0.39 is 76.7 Å². The number of halogens is 1. The maximum absolute atomic E-state index is 17.4. The van der Waals surface area contributed by atoms with Gasteiger partial charge in [0.2, 0.25) is 5.78 Å². The molecular weight excluding hydrogens is 483 g/mol. The highest BCUT2D eigenvalue weighted by Gasteiger charge is 2.79. The number of esters is 2. The van der Waals surface area contributed by atoms with Crippen molar-refractivity contribution in [2.24, 2.45) is 28.6 Å². The average molecular weight is 517 g/mol. The fourth-order valence-electron chi connectivity index (χ4n) is 7.78. The number of carbonyl (C=O) groups excluding carboxylic acids is 5. The molecule has 37 heavy (non-hydrogen) atoms. The molecule has 4 rings (SSSR count). The highest BCUT2D eigenvalue weighted by atomic mass is 19.1. The lowest BCUT2D eigenvalue weighted by Gasteiger charge is -2.62. The zero-order valence-electron chi connectivity index (χ0n) is 21.3. The lowest BCUT2D eigenvalue weighted by atomic mass is 9.44. The van der Waals surface area contributed by atoms with Gasteiger partial charge >= 0.3 is 11.9 Å². The third-order valence-electron chi connectivity index (χ3n) is 9.48. The molecule has 0 heterocycles. The second kappa shape index (κ2) is 9.11. The maximum Gasteiger partial charge on any atom is 0.330 e. The maximum atomic E-state index is 17.4. The molecule has 8 atom stereocenters. The fraction of sp³-hybridized carbons (Fsp3) is 0.607. The number of carbonyl (C=O) groups is 5. The average Bonchev–Trinajstić information content (AvgIpc) is 3.11. The van der Waals surface area contributed by atoms with E-state index in [4.69, 9.17) is 9.47 Å². The summed E-state index contributed by atoms with van der Waals surface area (Å²) >= 11 is 0. The third-order valence-corrected chi connectivity index (χ3v) is 9.48. The van der Waals surface area contributed by atoms with Crippen LogP contribution in [0, 0.1) is 28.6 Å². The molecular formula is C28H33FO8. The van der Waals surface area contributed by atoms with Gasteiger partial charge in [-0.1, -0.05) is 32.1 Å². The summed E-state index contributed by atoms with van der Waals surface area (Å²) in [6.07, 6.45) is 4.15. The fourth-order valence-corrected chi connectivity index (χ4v) is 7.78. The molecule has 4 aliphatic rings. The van der Waals surface area contributed by atoms with E-state index in [1.54, 1.807) is 13.8 Å². The molecule has 8 nitrogen and oxygen atoms in total. The molecule has 0 aromatic carbocycles. The summed E-state index contributed by atoms with van der Waals surface area (Å²) in [6, 6.07) is 0. The Balaban J connectivity index is 1.86. The van der Waals surface area contributed by atoms with E-state index in [1.807, 2.05) is 0 Å². The number of aliphatic hydroxyl groups excluding tert-OH is 1. The zero-order chi connectivity index (χ0) is 27.4. The second-order valence-corrected chi connectivity index (χ2v) is 10.9. The summed E-state index contributed by atoms with van der Waals surface area (Å²) in [5, 5.41) is 11.5. The largest absolute Gasteiger partial charge is 0.454 e. The molecule has 0 amide bonds. The summed E-state index contributed by atoms with van der Waals surface area (Å²) in [4.78, 5) is 63.2. The summed E-state index contributed by atoms with van der Waals surface area (Å²) in [6.45, 7) is 7.37. The monoisotopic (exact) mass is 516 g/mol. The van der Waals surface area contributed by atoms with Crippen LogP contribution in [0.15, 0.2) is 36.5 Å². The van der Waals surface area contributed by atoms with Gasteiger partial charge in [-0.05, 0) is 50.7 Å². The number of rotatable bonds is 7. The normalized spacial score (nSPS) is 42.0. The van der Waals surface area contributed by atoms with E-state index >= 15 is 4.39 Å². The van der Waals surface area contributed by atoms with Crippen molar-refractivity contribution in [2.45, 2.75) is 70.2 Å². The van der Waals surface area contributed by atoms with Gasteiger partial charge in [0, 0.05) is 29.7 Å². The first-order chi connectivity index (χ1) is 17.4. The van der Waals surface area contributed by atoms with Crippen molar-refractivity contribution >= 4 is 29.8 Å². The Hall–Kier alpha value is -2.94. The Labute approximate surface area is 214 Å². The van der Waals surface area contributed by atoms with Gasteiger partial charge in [0.05, 0.1) is 11.5 Å². The first-order valence-corrected chi connectivity index (χ1v) is 12.7. The van der Waals surface area contributed by atoms with Crippen molar-refractivity contribution in [1.82, 2.24) is 0 Å². The number of aldehydes is 1. The standard InChI is InChI=1S/C28H33FO8/c1-5-23(34)36-14-22(33)28(37-24(35)6-2)16(3)11-20-19-8-7-17-12-18(31)9-10-25(17,4)27(19,29)21(32)13-26(20,28)15-30/h5,9-10,12,15-16,19-21,32H,1,6-8,11,13-14H2,2-4H3/t16-,19-,20-,21-,25-,26+,27?,28-/m0/s1. The molecule has 3 fully saturated rings. The lowest BCUT2D eigenvalue weighted by Crippen LogP contribution is -2.71. The van der Waals surface area contributed by atoms with Crippen LogP contribution in [0.3, 0.4) is 0 Å². The van der Waals surface area contributed by atoms with E-state index in [2.05, 4.69) is 6.58 Å². The van der Waals surface area contributed by atoms with E-state index in [0.717, 1.165) is 6.08 Å². The van der Waals surface area contributed by atoms with Gasteiger partial charge in [0.15, 0.2) is 23.7 Å². The van der Waals surface area contributed by atoms with E-state index in [-0.39, 0.29) is 25.0 Å². The van der Waals surface area contributed by atoms with E-state index in [9.17, 15) is 29.1 Å². The van der Waals surface area contributed by atoms with Crippen LogP contribution in [-0.4, -0.2) is 58.9 Å². The molecule has 9 heteroatoms. The lowest BCUT2D eigenvalue weighted by molar-refractivity contribution is -0.225. The van der Waals surface area contributed by atoms with Crippen molar-refractivity contribution < 1.29 is 42.9 Å². The quantitative estimate of drug-likeness (QED) is 0.311. The van der Waals surface area contributed by atoms with Crippen molar-refractivity contribution in [3.05, 3.63) is 36.5 Å². The number of ether oxygens (including phenoxy) is 2. The van der Waals surface area contributed by atoms with Crippen LogP contribution in [0.1, 0.15) is 52.9 Å². The Bertz CT molecular complexity index is 1130. The number of aliphatic hydroxyl groups is 1. The summed E-state index contributed by atoms with van der Waals surface area (Å²) < 4.78 is 28.2. The predicted octanol–water partition coefficient (Wildman–Crippen LogP) is 2.77. The van der Waals surface area contributed by atoms with Gasteiger partial charge in [-0.25, -0.2) is 9.18 Å². The molecule has 0 radical (unpaired) electrons. The Morgan fingerprint density at radius 1 is 1.30 bits per heavy atom. The van der Waals surface area contributed by atoms with Gasteiger partial charge in [-0.2, -0.15) is 0 Å². The molecule has 4 aliphatic carbocycles. The van der Waals surface area contributed by atoms with Crippen molar-refractivity contribution in [3.8, 4) is 0 Å². The van der Waals surface area contributed by atoms with Gasteiger partial charge < -0.3 is 19.4 Å². The van der Waals surface area contributed by atoms with Crippen LogP contribution in [-0.2, 0) is 33.4 Å². The molecule has 200 valence electrons. The zero-order valence-corrected chi connectivity index (χ0v) is 21.3. The smallest absolute Gasteiger partial charge is 0.330 e.